The highest BCUT2D eigenvalue weighted by atomic mass is 16.7. The van der Waals surface area contributed by atoms with Crippen LogP contribution in [-0.4, -0.2) is 18.4 Å². The van der Waals surface area contributed by atoms with Crippen molar-refractivity contribution < 1.29 is 14.3 Å². The fourth-order valence-electron chi connectivity index (χ4n) is 2.17. The second kappa shape index (κ2) is 5.89. The Balaban J connectivity index is 1.73. The van der Waals surface area contributed by atoms with E-state index in [9.17, 15) is 4.79 Å². The molecule has 0 spiro atoms. The molecular weight excluding hydrogens is 280 g/mol. The van der Waals surface area contributed by atoms with Crippen molar-refractivity contribution in [1.29, 1.82) is 0 Å². The van der Waals surface area contributed by atoms with Crippen molar-refractivity contribution in [2.75, 3.05) is 6.79 Å². The van der Waals surface area contributed by atoms with Crippen LogP contribution in [0.15, 0.2) is 47.6 Å². The second-order valence-corrected chi connectivity index (χ2v) is 5.08. The highest BCUT2D eigenvalue weighted by Gasteiger charge is 2.14. The van der Waals surface area contributed by atoms with Gasteiger partial charge in [-0.2, -0.15) is 5.10 Å². The molecular formula is C17H16N2O3. The second-order valence-electron chi connectivity index (χ2n) is 5.08. The van der Waals surface area contributed by atoms with Crippen molar-refractivity contribution in [2.24, 2.45) is 5.10 Å². The number of hydrogen-bond acceptors (Lipinski definition) is 4. The van der Waals surface area contributed by atoms with E-state index in [-0.39, 0.29) is 12.7 Å². The molecule has 1 aliphatic rings. The molecule has 0 radical (unpaired) electrons. The fourth-order valence-corrected chi connectivity index (χ4v) is 2.17. The van der Waals surface area contributed by atoms with Crippen molar-refractivity contribution >= 4 is 11.6 Å². The van der Waals surface area contributed by atoms with Crippen molar-refractivity contribution in [3.63, 3.8) is 0 Å². The summed E-state index contributed by atoms with van der Waals surface area (Å²) < 4.78 is 10.6. The maximum atomic E-state index is 12.1. The minimum atomic E-state index is -0.233. The van der Waals surface area contributed by atoms with E-state index in [1.54, 1.807) is 6.07 Å². The number of rotatable bonds is 3. The van der Waals surface area contributed by atoms with E-state index in [4.69, 9.17) is 9.47 Å². The van der Waals surface area contributed by atoms with Crippen LogP contribution >= 0.6 is 0 Å². The first-order chi connectivity index (χ1) is 10.6. The molecule has 22 heavy (non-hydrogen) atoms. The largest absolute Gasteiger partial charge is 0.454 e. The lowest BCUT2D eigenvalue weighted by atomic mass is 10.1. The third-order valence-corrected chi connectivity index (χ3v) is 3.40. The van der Waals surface area contributed by atoms with Crippen LogP contribution in [0.25, 0.3) is 0 Å². The molecule has 0 bridgehead atoms. The Labute approximate surface area is 128 Å². The maximum Gasteiger partial charge on any atom is 0.271 e. The molecule has 2 aromatic carbocycles. The Morgan fingerprint density at radius 1 is 1.09 bits per heavy atom. The van der Waals surface area contributed by atoms with Gasteiger partial charge in [0.25, 0.3) is 5.91 Å². The van der Waals surface area contributed by atoms with Gasteiger partial charge in [0.1, 0.15) is 0 Å². The van der Waals surface area contributed by atoms with Crippen molar-refractivity contribution in [3.05, 3.63) is 59.2 Å². The van der Waals surface area contributed by atoms with Crippen LogP contribution in [0, 0.1) is 6.92 Å². The van der Waals surface area contributed by atoms with Crippen molar-refractivity contribution in [3.8, 4) is 11.5 Å². The molecule has 0 fully saturated rings. The molecule has 3 rings (SSSR count). The number of carbonyl (C=O) groups excluding carboxylic acids is 1. The van der Waals surface area contributed by atoms with Crippen LogP contribution in [0.1, 0.15) is 28.4 Å². The van der Waals surface area contributed by atoms with Crippen LogP contribution in [0.5, 0.6) is 11.5 Å². The maximum absolute atomic E-state index is 12.1. The Kier molecular flexibility index (Phi) is 3.78. The zero-order valence-corrected chi connectivity index (χ0v) is 12.4. The van der Waals surface area contributed by atoms with Crippen molar-refractivity contribution in [1.82, 2.24) is 5.43 Å². The van der Waals surface area contributed by atoms with E-state index < -0.39 is 0 Å². The first-order valence-electron chi connectivity index (χ1n) is 6.95. The SMILES string of the molecule is CC(=NNC(=O)c1cccc(C)c1)c1ccc2c(c1)OCO2. The van der Waals surface area contributed by atoms with E-state index in [1.807, 2.05) is 50.2 Å². The predicted molar refractivity (Wildman–Crippen MR) is 83.4 cm³/mol. The van der Waals surface area contributed by atoms with Crippen LogP contribution in [0.3, 0.4) is 0 Å². The highest BCUT2D eigenvalue weighted by molar-refractivity contribution is 6.01. The predicted octanol–water partition coefficient (Wildman–Crippen LogP) is 2.88. The molecule has 0 saturated heterocycles. The van der Waals surface area contributed by atoms with Crippen LogP contribution < -0.4 is 14.9 Å². The number of benzene rings is 2. The Bertz CT molecular complexity index is 753. The van der Waals surface area contributed by atoms with E-state index in [0.29, 0.717) is 17.0 Å². The average Bonchev–Trinajstić information content (AvgIpc) is 2.99. The molecule has 112 valence electrons. The van der Waals surface area contributed by atoms with E-state index >= 15 is 0 Å². The lowest BCUT2D eigenvalue weighted by Crippen LogP contribution is -2.19. The Morgan fingerprint density at radius 2 is 1.91 bits per heavy atom. The van der Waals surface area contributed by atoms with Gasteiger partial charge in [-0.3, -0.25) is 4.79 Å². The lowest BCUT2D eigenvalue weighted by Gasteiger charge is -2.05. The van der Waals surface area contributed by atoms with Gasteiger partial charge in [-0.05, 0) is 44.2 Å². The van der Waals surface area contributed by atoms with Crippen LogP contribution in [-0.2, 0) is 0 Å². The number of aryl methyl sites for hydroxylation is 1. The minimum absolute atomic E-state index is 0.233. The van der Waals surface area contributed by atoms with Crippen LogP contribution in [0.4, 0.5) is 0 Å². The minimum Gasteiger partial charge on any atom is -0.454 e. The smallest absolute Gasteiger partial charge is 0.271 e. The number of fused-ring (bicyclic) bond motifs is 1. The number of nitrogens with zero attached hydrogens (tertiary/aromatic N) is 1. The normalized spacial score (nSPS) is 13.1. The summed E-state index contributed by atoms with van der Waals surface area (Å²) in [5, 5.41) is 4.15. The summed E-state index contributed by atoms with van der Waals surface area (Å²) in [7, 11) is 0. The zero-order chi connectivity index (χ0) is 15.5. The zero-order valence-electron chi connectivity index (χ0n) is 12.4. The molecule has 1 heterocycles. The van der Waals surface area contributed by atoms with Gasteiger partial charge >= 0.3 is 0 Å². The molecule has 5 heteroatoms. The summed E-state index contributed by atoms with van der Waals surface area (Å²) >= 11 is 0. The van der Waals surface area contributed by atoms with Gasteiger partial charge in [0.2, 0.25) is 6.79 Å². The summed E-state index contributed by atoms with van der Waals surface area (Å²) in [5.74, 6) is 1.18. The van der Waals surface area contributed by atoms with E-state index in [0.717, 1.165) is 16.9 Å². The number of hydrogen-bond donors (Lipinski definition) is 1. The van der Waals surface area contributed by atoms with Gasteiger partial charge < -0.3 is 9.47 Å². The number of ether oxygens (including phenoxy) is 2. The highest BCUT2D eigenvalue weighted by Crippen LogP contribution is 2.32. The summed E-state index contributed by atoms with van der Waals surface area (Å²) in [6, 6.07) is 12.9. The van der Waals surface area contributed by atoms with Crippen LogP contribution in [0.2, 0.25) is 0 Å². The van der Waals surface area contributed by atoms with Crippen molar-refractivity contribution in [2.45, 2.75) is 13.8 Å². The molecule has 1 amide bonds. The van der Waals surface area contributed by atoms with Gasteiger partial charge in [0.15, 0.2) is 11.5 Å². The van der Waals surface area contributed by atoms with Gasteiger partial charge in [-0.25, -0.2) is 5.43 Å². The number of nitrogens with one attached hydrogen (secondary N) is 1. The van der Waals surface area contributed by atoms with Gasteiger partial charge in [-0.1, -0.05) is 17.7 Å². The van der Waals surface area contributed by atoms with Gasteiger partial charge in [0, 0.05) is 11.1 Å². The molecule has 0 saturated carbocycles. The van der Waals surface area contributed by atoms with Gasteiger partial charge in [0.05, 0.1) is 5.71 Å². The molecule has 1 aliphatic heterocycles. The standard InChI is InChI=1S/C17H16N2O3/c1-11-4-3-5-14(8-11)17(20)19-18-12(2)13-6-7-15-16(9-13)22-10-21-15/h3-9H,10H2,1-2H3,(H,19,20). The summed E-state index contributed by atoms with van der Waals surface area (Å²) in [4.78, 5) is 12.1. The summed E-state index contributed by atoms with van der Waals surface area (Å²) in [6.07, 6.45) is 0. The van der Waals surface area contributed by atoms with E-state index in [1.165, 1.54) is 0 Å². The third-order valence-electron chi connectivity index (χ3n) is 3.40. The Hall–Kier alpha value is -2.82. The summed E-state index contributed by atoms with van der Waals surface area (Å²) in [6.45, 7) is 4.01. The molecule has 5 nitrogen and oxygen atoms in total. The van der Waals surface area contributed by atoms with Gasteiger partial charge in [-0.15, -0.1) is 0 Å². The molecule has 0 aliphatic carbocycles. The number of amides is 1. The number of hydrazone groups is 1. The first kappa shape index (κ1) is 14.1. The summed E-state index contributed by atoms with van der Waals surface area (Å²) in [5.41, 5.74) is 5.75. The molecule has 0 atom stereocenters. The topological polar surface area (TPSA) is 59.9 Å². The molecule has 0 unspecified atom stereocenters. The average molecular weight is 296 g/mol. The molecule has 1 N–H and O–H groups in total. The lowest BCUT2D eigenvalue weighted by molar-refractivity contribution is 0.0954. The molecule has 0 aromatic heterocycles. The monoisotopic (exact) mass is 296 g/mol. The Morgan fingerprint density at radius 3 is 2.73 bits per heavy atom. The fraction of sp³-hybridized carbons (Fsp3) is 0.176. The molecule has 2 aromatic rings. The number of carbonyl (C=O) groups is 1. The quantitative estimate of drug-likeness (QED) is 0.700. The first-order valence-corrected chi connectivity index (χ1v) is 6.95. The van der Waals surface area contributed by atoms with E-state index in [2.05, 4.69) is 10.5 Å². The third kappa shape index (κ3) is 2.93.